The number of hydrogen-bond acceptors (Lipinski definition) is 3. The van der Waals surface area contributed by atoms with Crippen molar-refractivity contribution in [1.29, 1.82) is 0 Å². The molecule has 0 N–H and O–H groups in total. The number of unbranched alkanes of at least 4 members (excludes halogenated alkanes) is 1. The summed E-state index contributed by atoms with van der Waals surface area (Å²) in [6.45, 7) is 6.18. The number of ether oxygens (including phenoxy) is 1. The number of nitrogens with zero attached hydrogens (tertiary/aromatic N) is 3. The van der Waals surface area contributed by atoms with Crippen LogP contribution in [0.4, 0.5) is 10.1 Å². The second-order valence-electron chi connectivity index (χ2n) is 9.37. The minimum Gasteiger partial charge on any atom is -0.494 e. The fourth-order valence-electron chi connectivity index (χ4n) is 4.97. The first-order chi connectivity index (χ1) is 17.0. The topological polar surface area (TPSA) is 47.4 Å². The molecule has 1 fully saturated rings. The van der Waals surface area contributed by atoms with E-state index in [-0.39, 0.29) is 17.6 Å². The van der Waals surface area contributed by atoms with E-state index in [2.05, 4.69) is 42.7 Å². The first-order valence-corrected chi connectivity index (χ1v) is 12.2. The molecule has 1 aromatic heterocycles. The smallest absolute Gasteiger partial charge is 0.227 e. The number of carbonyl (C=O) groups is 1. The van der Waals surface area contributed by atoms with E-state index in [9.17, 15) is 9.18 Å². The Hall–Kier alpha value is -3.67. The zero-order valence-electron chi connectivity index (χ0n) is 20.2. The van der Waals surface area contributed by atoms with Gasteiger partial charge in [0.1, 0.15) is 17.4 Å². The van der Waals surface area contributed by atoms with Crippen LogP contribution in [0, 0.1) is 19.7 Å². The third-order valence-electron chi connectivity index (χ3n) is 6.55. The van der Waals surface area contributed by atoms with E-state index in [4.69, 9.17) is 9.72 Å². The number of para-hydroxylation sites is 2. The molecule has 1 amide bonds. The number of imidazole rings is 1. The molecule has 4 aromatic rings. The van der Waals surface area contributed by atoms with Crippen LogP contribution in [-0.2, 0) is 11.3 Å². The third kappa shape index (κ3) is 5.06. The van der Waals surface area contributed by atoms with Gasteiger partial charge in [-0.15, -0.1) is 0 Å². The van der Waals surface area contributed by atoms with Crippen molar-refractivity contribution in [3.8, 4) is 5.75 Å². The van der Waals surface area contributed by atoms with E-state index in [1.807, 2.05) is 18.2 Å². The quantitative estimate of drug-likeness (QED) is 0.289. The SMILES string of the molecule is Cc1cc(C)cc(OCCCCn2c(C3CC(=O)N(c4ccc(F)cc4)C3)nc3ccccc32)c1. The summed E-state index contributed by atoms with van der Waals surface area (Å²) in [5.41, 5.74) is 5.17. The Morgan fingerprint density at radius 2 is 1.74 bits per heavy atom. The van der Waals surface area contributed by atoms with Gasteiger partial charge in [-0.3, -0.25) is 4.79 Å². The molecule has 0 bridgehead atoms. The number of carbonyl (C=O) groups excluding carboxylic acids is 1. The highest BCUT2D eigenvalue weighted by Crippen LogP contribution is 2.33. The van der Waals surface area contributed by atoms with Crippen molar-refractivity contribution in [3.05, 3.63) is 89.5 Å². The predicted molar refractivity (Wildman–Crippen MR) is 136 cm³/mol. The normalized spacial score (nSPS) is 15.8. The first kappa shape index (κ1) is 23.1. The van der Waals surface area contributed by atoms with E-state index in [1.165, 1.54) is 23.3 Å². The fraction of sp³-hybridized carbons (Fsp3) is 0.310. The summed E-state index contributed by atoms with van der Waals surface area (Å²) >= 11 is 0. The zero-order chi connectivity index (χ0) is 24.4. The third-order valence-corrected chi connectivity index (χ3v) is 6.55. The van der Waals surface area contributed by atoms with Crippen LogP contribution in [-0.4, -0.2) is 28.6 Å². The van der Waals surface area contributed by atoms with Crippen molar-refractivity contribution in [2.75, 3.05) is 18.1 Å². The molecule has 0 saturated carbocycles. The summed E-state index contributed by atoms with van der Waals surface area (Å²) in [6.07, 6.45) is 2.27. The number of halogens is 1. The van der Waals surface area contributed by atoms with Crippen molar-refractivity contribution in [3.63, 3.8) is 0 Å². The van der Waals surface area contributed by atoms with Gasteiger partial charge in [-0.2, -0.15) is 0 Å². The Kier molecular flexibility index (Phi) is 6.53. The van der Waals surface area contributed by atoms with E-state index in [1.54, 1.807) is 17.0 Å². The Bertz CT molecular complexity index is 1330. The largest absolute Gasteiger partial charge is 0.494 e. The van der Waals surface area contributed by atoms with Gasteiger partial charge in [0.05, 0.1) is 17.6 Å². The second-order valence-corrected chi connectivity index (χ2v) is 9.37. The molecule has 0 spiro atoms. The molecule has 1 aliphatic rings. The Balaban J connectivity index is 1.28. The summed E-state index contributed by atoms with van der Waals surface area (Å²) in [7, 11) is 0. The van der Waals surface area contributed by atoms with Gasteiger partial charge in [-0.05, 0) is 86.3 Å². The molecule has 180 valence electrons. The molecule has 1 atom stereocenters. The van der Waals surface area contributed by atoms with E-state index in [0.29, 0.717) is 19.6 Å². The number of amides is 1. The lowest BCUT2D eigenvalue weighted by atomic mass is 10.1. The highest BCUT2D eigenvalue weighted by atomic mass is 19.1. The minimum absolute atomic E-state index is 0.00790. The van der Waals surface area contributed by atoms with Gasteiger partial charge in [0, 0.05) is 31.1 Å². The van der Waals surface area contributed by atoms with Gasteiger partial charge in [0.15, 0.2) is 0 Å². The average Bonchev–Trinajstić information content (AvgIpc) is 3.39. The van der Waals surface area contributed by atoms with Crippen molar-refractivity contribution >= 4 is 22.6 Å². The second kappa shape index (κ2) is 9.90. The summed E-state index contributed by atoms with van der Waals surface area (Å²) in [5, 5.41) is 0. The maximum Gasteiger partial charge on any atom is 0.227 e. The molecule has 3 aromatic carbocycles. The summed E-state index contributed by atoms with van der Waals surface area (Å²) in [5.74, 6) is 1.59. The molecular formula is C29H30FN3O2. The Morgan fingerprint density at radius 3 is 2.51 bits per heavy atom. The number of fused-ring (bicyclic) bond motifs is 1. The van der Waals surface area contributed by atoms with Crippen molar-refractivity contribution in [2.45, 2.75) is 45.6 Å². The van der Waals surface area contributed by atoms with Crippen LogP contribution in [0.3, 0.4) is 0 Å². The highest BCUT2D eigenvalue weighted by molar-refractivity contribution is 5.96. The number of aryl methyl sites for hydroxylation is 3. The van der Waals surface area contributed by atoms with E-state index < -0.39 is 0 Å². The molecule has 1 saturated heterocycles. The van der Waals surface area contributed by atoms with Crippen LogP contribution in [0.5, 0.6) is 5.75 Å². The maximum absolute atomic E-state index is 13.4. The molecule has 5 rings (SSSR count). The molecule has 2 heterocycles. The molecule has 35 heavy (non-hydrogen) atoms. The van der Waals surface area contributed by atoms with Crippen LogP contribution in [0.2, 0.25) is 0 Å². The molecular weight excluding hydrogens is 441 g/mol. The molecule has 1 unspecified atom stereocenters. The predicted octanol–water partition coefficient (Wildman–Crippen LogP) is 6.17. The molecule has 5 nitrogen and oxygen atoms in total. The average molecular weight is 472 g/mol. The number of anilines is 1. The van der Waals surface area contributed by atoms with Crippen LogP contribution in [0.25, 0.3) is 11.0 Å². The van der Waals surface area contributed by atoms with E-state index in [0.717, 1.165) is 47.7 Å². The number of aromatic nitrogens is 2. The van der Waals surface area contributed by atoms with E-state index >= 15 is 0 Å². The zero-order valence-corrected chi connectivity index (χ0v) is 20.2. The summed E-state index contributed by atoms with van der Waals surface area (Å²) in [4.78, 5) is 19.5. The standard InChI is InChI=1S/C29H30FN3O2/c1-20-15-21(2)17-25(16-20)35-14-6-5-13-32-27-8-4-3-7-26(27)31-29(32)22-18-28(34)33(19-22)24-11-9-23(30)10-12-24/h3-4,7-12,15-17,22H,5-6,13-14,18-19H2,1-2H3. The minimum atomic E-state index is -0.305. The van der Waals surface area contributed by atoms with Gasteiger partial charge in [0.2, 0.25) is 5.91 Å². The number of rotatable bonds is 8. The van der Waals surface area contributed by atoms with Crippen LogP contribution < -0.4 is 9.64 Å². The number of hydrogen-bond donors (Lipinski definition) is 0. The highest BCUT2D eigenvalue weighted by Gasteiger charge is 2.34. The molecule has 6 heteroatoms. The molecule has 1 aliphatic heterocycles. The van der Waals surface area contributed by atoms with Gasteiger partial charge >= 0.3 is 0 Å². The van der Waals surface area contributed by atoms with Crippen molar-refractivity contribution in [2.24, 2.45) is 0 Å². The Morgan fingerprint density at radius 1 is 1.00 bits per heavy atom. The summed E-state index contributed by atoms with van der Waals surface area (Å²) < 4.78 is 21.6. The fourth-order valence-corrected chi connectivity index (χ4v) is 4.97. The van der Waals surface area contributed by atoms with Crippen molar-refractivity contribution < 1.29 is 13.9 Å². The monoisotopic (exact) mass is 471 g/mol. The van der Waals surface area contributed by atoms with Crippen LogP contribution in [0.1, 0.15) is 42.1 Å². The van der Waals surface area contributed by atoms with Gasteiger partial charge in [-0.1, -0.05) is 18.2 Å². The lowest BCUT2D eigenvalue weighted by Crippen LogP contribution is -2.24. The lowest BCUT2D eigenvalue weighted by molar-refractivity contribution is -0.117. The van der Waals surface area contributed by atoms with Gasteiger partial charge < -0.3 is 14.2 Å². The van der Waals surface area contributed by atoms with Crippen LogP contribution >= 0.6 is 0 Å². The number of benzene rings is 3. The molecule has 0 radical (unpaired) electrons. The van der Waals surface area contributed by atoms with Crippen molar-refractivity contribution in [1.82, 2.24) is 9.55 Å². The molecule has 0 aliphatic carbocycles. The van der Waals surface area contributed by atoms with Crippen LogP contribution in [0.15, 0.2) is 66.7 Å². The van der Waals surface area contributed by atoms with Gasteiger partial charge in [0.25, 0.3) is 0 Å². The first-order valence-electron chi connectivity index (χ1n) is 12.2. The summed E-state index contributed by atoms with van der Waals surface area (Å²) in [6, 6.07) is 20.5. The lowest BCUT2D eigenvalue weighted by Gasteiger charge is -2.17. The maximum atomic E-state index is 13.4. The Labute approximate surface area is 205 Å². The van der Waals surface area contributed by atoms with Gasteiger partial charge in [-0.25, -0.2) is 9.37 Å².